The standard InChI is InChI=1S/C17H16ClN3O4/c1-25-16-7-3-11(18)9-14(16)20-17(22)10-2-6-13(19-12-4-5-12)15(8-10)21(23)24/h2-3,6-9,12,19H,4-5H2,1H3,(H,20,22). The molecule has 8 heteroatoms. The van der Waals surface area contributed by atoms with E-state index in [4.69, 9.17) is 16.3 Å². The highest BCUT2D eigenvalue weighted by Crippen LogP contribution is 2.32. The lowest BCUT2D eigenvalue weighted by Gasteiger charge is -2.11. The Labute approximate surface area is 149 Å². The first-order valence-electron chi connectivity index (χ1n) is 7.68. The zero-order valence-electron chi connectivity index (χ0n) is 13.4. The molecule has 2 aromatic rings. The summed E-state index contributed by atoms with van der Waals surface area (Å²) >= 11 is 5.94. The Kier molecular flexibility index (Phi) is 4.76. The molecule has 2 aromatic carbocycles. The number of benzene rings is 2. The number of carbonyl (C=O) groups excluding carboxylic acids is 1. The molecule has 0 radical (unpaired) electrons. The topological polar surface area (TPSA) is 93.5 Å². The third-order valence-corrected chi connectivity index (χ3v) is 4.04. The molecule has 0 bridgehead atoms. The van der Waals surface area contributed by atoms with Gasteiger partial charge in [0.05, 0.1) is 17.7 Å². The molecule has 0 aromatic heterocycles. The summed E-state index contributed by atoms with van der Waals surface area (Å²) in [5.41, 5.74) is 0.861. The molecular formula is C17H16ClN3O4. The smallest absolute Gasteiger partial charge is 0.293 e. The second-order valence-electron chi connectivity index (χ2n) is 5.71. The Hall–Kier alpha value is -2.80. The van der Waals surface area contributed by atoms with Crippen molar-refractivity contribution >= 4 is 34.6 Å². The monoisotopic (exact) mass is 361 g/mol. The number of nitrogens with zero attached hydrogens (tertiary/aromatic N) is 1. The van der Waals surface area contributed by atoms with Crippen molar-refractivity contribution in [1.82, 2.24) is 0 Å². The predicted molar refractivity (Wildman–Crippen MR) is 95.7 cm³/mol. The normalized spacial score (nSPS) is 13.2. The number of amides is 1. The van der Waals surface area contributed by atoms with Crippen LogP contribution in [0.5, 0.6) is 5.75 Å². The maximum absolute atomic E-state index is 12.5. The van der Waals surface area contributed by atoms with Gasteiger partial charge in [-0.2, -0.15) is 0 Å². The lowest BCUT2D eigenvalue weighted by Crippen LogP contribution is -2.13. The van der Waals surface area contributed by atoms with Crippen LogP contribution in [0, 0.1) is 10.1 Å². The van der Waals surface area contributed by atoms with Gasteiger partial charge in [0.2, 0.25) is 0 Å². The number of nitro benzene ring substituents is 1. The largest absolute Gasteiger partial charge is 0.495 e. The van der Waals surface area contributed by atoms with Gasteiger partial charge in [-0.25, -0.2) is 0 Å². The molecule has 1 fully saturated rings. The van der Waals surface area contributed by atoms with Gasteiger partial charge in [-0.1, -0.05) is 11.6 Å². The minimum Gasteiger partial charge on any atom is -0.495 e. The van der Waals surface area contributed by atoms with Crippen molar-refractivity contribution in [3.8, 4) is 5.75 Å². The zero-order valence-corrected chi connectivity index (χ0v) is 14.2. The van der Waals surface area contributed by atoms with E-state index in [0.717, 1.165) is 12.8 Å². The number of hydrogen-bond acceptors (Lipinski definition) is 5. The van der Waals surface area contributed by atoms with Crippen molar-refractivity contribution in [3.05, 3.63) is 57.1 Å². The average Bonchev–Trinajstić information content (AvgIpc) is 3.39. The predicted octanol–water partition coefficient (Wildman–Crippen LogP) is 4.08. The van der Waals surface area contributed by atoms with E-state index in [1.54, 1.807) is 30.3 Å². The molecule has 0 aliphatic heterocycles. The second kappa shape index (κ2) is 6.98. The minimum absolute atomic E-state index is 0.127. The maximum atomic E-state index is 12.5. The summed E-state index contributed by atoms with van der Waals surface area (Å²) in [5.74, 6) is -0.0408. The van der Waals surface area contributed by atoms with E-state index in [1.165, 1.54) is 13.2 Å². The second-order valence-corrected chi connectivity index (χ2v) is 6.14. The summed E-state index contributed by atoms with van der Waals surface area (Å²) in [6.45, 7) is 0. The fraction of sp³-hybridized carbons (Fsp3) is 0.235. The number of rotatable bonds is 6. The summed E-state index contributed by atoms with van der Waals surface area (Å²) in [7, 11) is 1.47. The van der Waals surface area contributed by atoms with E-state index in [9.17, 15) is 14.9 Å². The molecule has 1 saturated carbocycles. The van der Waals surface area contributed by atoms with Gasteiger partial charge >= 0.3 is 0 Å². The molecule has 1 amide bonds. The van der Waals surface area contributed by atoms with E-state index in [0.29, 0.717) is 22.1 Å². The molecule has 0 unspecified atom stereocenters. The zero-order chi connectivity index (χ0) is 18.0. The minimum atomic E-state index is -0.499. The van der Waals surface area contributed by atoms with Crippen LogP contribution in [0.2, 0.25) is 5.02 Å². The Morgan fingerprint density at radius 2 is 2.00 bits per heavy atom. The molecule has 0 spiro atoms. The number of ether oxygens (including phenoxy) is 1. The van der Waals surface area contributed by atoms with Gasteiger partial charge in [0.1, 0.15) is 11.4 Å². The van der Waals surface area contributed by atoms with Crippen LogP contribution < -0.4 is 15.4 Å². The first-order valence-corrected chi connectivity index (χ1v) is 8.05. The van der Waals surface area contributed by atoms with Gasteiger partial charge in [0.15, 0.2) is 0 Å². The first kappa shape index (κ1) is 17.0. The van der Waals surface area contributed by atoms with E-state index < -0.39 is 10.8 Å². The number of anilines is 2. The van der Waals surface area contributed by atoms with Crippen LogP contribution in [-0.4, -0.2) is 24.0 Å². The number of methoxy groups -OCH3 is 1. The lowest BCUT2D eigenvalue weighted by molar-refractivity contribution is -0.384. The van der Waals surface area contributed by atoms with E-state index in [-0.39, 0.29) is 17.3 Å². The van der Waals surface area contributed by atoms with Crippen LogP contribution >= 0.6 is 11.6 Å². The highest BCUT2D eigenvalue weighted by Gasteiger charge is 2.25. The molecule has 130 valence electrons. The number of nitro groups is 1. The van der Waals surface area contributed by atoms with Crippen LogP contribution in [0.3, 0.4) is 0 Å². The van der Waals surface area contributed by atoms with Crippen LogP contribution in [0.25, 0.3) is 0 Å². The third-order valence-electron chi connectivity index (χ3n) is 3.80. The van der Waals surface area contributed by atoms with E-state index in [2.05, 4.69) is 10.6 Å². The molecule has 1 aliphatic carbocycles. The molecule has 2 N–H and O–H groups in total. The number of carbonyl (C=O) groups is 1. The molecular weight excluding hydrogens is 346 g/mol. The fourth-order valence-corrected chi connectivity index (χ4v) is 2.54. The quantitative estimate of drug-likeness (QED) is 0.597. The van der Waals surface area contributed by atoms with Crippen molar-refractivity contribution in [2.45, 2.75) is 18.9 Å². The maximum Gasteiger partial charge on any atom is 0.293 e. The van der Waals surface area contributed by atoms with Gasteiger partial charge in [-0.15, -0.1) is 0 Å². The summed E-state index contributed by atoms with van der Waals surface area (Å²) < 4.78 is 5.18. The molecule has 7 nitrogen and oxygen atoms in total. The number of nitrogens with one attached hydrogen (secondary N) is 2. The molecule has 25 heavy (non-hydrogen) atoms. The van der Waals surface area contributed by atoms with Gasteiger partial charge < -0.3 is 15.4 Å². The molecule has 0 saturated heterocycles. The molecule has 0 heterocycles. The Balaban J connectivity index is 1.85. The van der Waals surface area contributed by atoms with Gasteiger partial charge in [0.25, 0.3) is 11.6 Å². The van der Waals surface area contributed by atoms with Gasteiger partial charge in [-0.05, 0) is 43.2 Å². The Bertz CT molecular complexity index is 837. The molecule has 0 atom stereocenters. The summed E-state index contributed by atoms with van der Waals surface area (Å²) in [5, 5.41) is 17.5. The molecule has 1 aliphatic rings. The Morgan fingerprint density at radius 3 is 2.64 bits per heavy atom. The van der Waals surface area contributed by atoms with Crippen LogP contribution in [0.1, 0.15) is 23.2 Å². The van der Waals surface area contributed by atoms with Crippen molar-refractivity contribution in [3.63, 3.8) is 0 Å². The van der Waals surface area contributed by atoms with Crippen molar-refractivity contribution in [2.24, 2.45) is 0 Å². The summed E-state index contributed by atoms with van der Waals surface area (Å²) in [4.78, 5) is 23.3. The van der Waals surface area contributed by atoms with E-state index in [1.807, 2.05) is 0 Å². The summed E-state index contributed by atoms with van der Waals surface area (Å²) in [6, 6.07) is 9.45. The number of hydrogen-bond donors (Lipinski definition) is 2. The third kappa shape index (κ3) is 4.00. The van der Waals surface area contributed by atoms with Crippen LogP contribution in [0.15, 0.2) is 36.4 Å². The fourth-order valence-electron chi connectivity index (χ4n) is 2.37. The van der Waals surface area contributed by atoms with Crippen molar-refractivity contribution in [1.29, 1.82) is 0 Å². The first-order chi connectivity index (χ1) is 12.0. The van der Waals surface area contributed by atoms with Crippen LogP contribution in [0.4, 0.5) is 17.1 Å². The average molecular weight is 362 g/mol. The highest BCUT2D eigenvalue weighted by molar-refractivity contribution is 6.31. The van der Waals surface area contributed by atoms with Crippen LogP contribution in [-0.2, 0) is 0 Å². The Morgan fingerprint density at radius 1 is 1.24 bits per heavy atom. The SMILES string of the molecule is COc1ccc(Cl)cc1NC(=O)c1ccc(NC2CC2)c([N+](=O)[O-])c1. The highest BCUT2D eigenvalue weighted by atomic mass is 35.5. The van der Waals surface area contributed by atoms with Crippen molar-refractivity contribution < 1.29 is 14.5 Å². The van der Waals surface area contributed by atoms with Gasteiger partial charge in [-0.3, -0.25) is 14.9 Å². The summed E-state index contributed by atoms with van der Waals surface area (Å²) in [6.07, 6.45) is 1.99. The van der Waals surface area contributed by atoms with E-state index >= 15 is 0 Å². The van der Waals surface area contributed by atoms with Crippen molar-refractivity contribution in [2.75, 3.05) is 17.7 Å². The van der Waals surface area contributed by atoms with Gasteiger partial charge in [0, 0.05) is 22.7 Å². The molecule has 3 rings (SSSR count). The lowest BCUT2D eigenvalue weighted by atomic mass is 10.1. The number of halogens is 1.